The topological polar surface area (TPSA) is 58.4 Å². The summed E-state index contributed by atoms with van der Waals surface area (Å²) >= 11 is 0. The Hall–Kier alpha value is -8.81. The van der Waals surface area contributed by atoms with Crippen molar-refractivity contribution in [1.29, 1.82) is 0 Å². The zero-order valence-corrected chi connectivity index (χ0v) is 33.4. The van der Waals surface area contributed by atoms with Crippen LogP contribution in [0.25, 0.3) is 122 Å². The van der Waals surface area contributed by atoms with Crippen LogP contribution in [-0.2, 0) is 0 Å². The van der Waals surface area contributed by atoms with E-state index in [1.54, 1.807) is 9.13 Å². The van der Waals surface area contributed by atoms with Crippen LogP contribution in [0.1, 0.15) is 16.4 Å². The summed E-state index contributed by atoms with van der Waals surface area (Å²) in [4.78, 5) is 15.3. The Bertz CT molecular complexity index is 4750. The molecule has 5 heterocycles. The number of rotatable bonds is 5. The second-order valence-corrected chi connectivity index (χ2v) is 15.6. The number of nitrogens with zero attached hydrogens (tertiary/aromatic N) is 7. The molecule has 0 bridgehead atoms. The molecule has 5 aromatic heterocycles. The van der Waals surface area contributed by atoms with Crippen LogP contribution >= 0.6 is 0 Å². The van der Waals surface area contributed by atoms with Gasteiger partial charge in [0.1, 0.15) is 0 Å². The molecule has 0 aliphatic carbocycles. The summed E-state index contributed by atoms with van der Waals surface area (Å²) in [6, 6.07) is 38.3. The van der Waals surface area contributed by atoms with Crippen molar-refractivity contribution in [3.8, 4) is 34.7 Å². The van der Waals surface area contributed by atoms with Gasteiger partial charge in [0.25, 0.3) is 0 Å². The summed E-state index contributed by atoms with van der Waals surface area (Å²) in [5, 5.41) is 5.01. The summed E-state index contributed by atoms with van der Waals surface area (Å²) in [6.45, 7) is 0. The molecule has 0 aliphatic heterocycles. The van der Waals surface area contributed by atoms with E-state index >= 15 is 0 Å². The summed E-state index contributed by atoms with van der Waals surface area (Å²) in [7, 11) is 0. The zero-order chi connectivity index (χ0) is 52.3. The van der Waals surface area contributed by atoms with E-state index in [0.717, 1.165) is 49.0 Å². The van der Waals surface area contributed by atoms with Crippen molar-refractivity contribution in [2.24, 2.45) is 0 Å². The Morgan fingerprint density at radius 2 is 0.719 bits per heavy atom. The standard InChI is InChI=1S/C57H35N7/c1-9-25-46-37(17-1)38-18-2-10-26-47(38)61(46)36-33-34-54-45(35-36)43-23-7-15-31-52(43)64(54)57-59-55(58-56(60-57)63-50-29-13-5-21-41(50)42-22-6-14-30-51(42)63)44-24-8-16-32-53(44)62-48-27-11-3-19-39(48)40-20-4-12-28-49(40)62/h1-35H/i5D,6D,8D,13D,14D,16D,21D,22D,24D,29D,30D,32D. The van der Waals surface area contributed by atoms with Gasteiger partial charge in [0, 0.05) is 54.3 Å². The molecule has 0 fully saturated rings. The van der Waals surface area contributed by atoms with E-state index in [1.807, 2.05) is 109 Å². The third kappa shape index (κ3) is 4.89. The number of hydrogen-bond acceptors (Lipinski definition) is 3. The molecule has 0 atom stereocenters. The minimum atomic E-state index is -0.640. The molecule has 298 valence electrons. The van der Waals surface area contributed by atoms with Gasteiger partial charge in [-0.3, -0.25) is 9.13 Å². The molecule has 0 N–H and O–H groups in total. The van der Waals surface area contributed by atoms with Gasteiger partial charge in [0.2, 0.25) is 11.9 Å². The molecule has 0 aliphatic rings. The van der Waals surface area contributed by atoms with Gasteiger partial charge in [-0.05, 0) is 72.7 Å². The van der Waals surface area contributed by atoms with Gasteiger partial charge in [-0.25, -0.2) is 0 Å². The Morgan fingerprint density at radius 3 is 1.27 bits per heavy atom. The number of para-hydroxylation sites is 8. The molecular formula is C57H35N7. The minimum Gasteiger partial charge on any atom is -0.309 e. The number of aromatic nitrogens is 7. The predicted octanol–water partition coefficient (Wildman–Crippen LogP) is 13.9. The van der Waals surface area contributed by atoms with Crippen LogP contribution in [0.15, 0.2) is 212 Å². The summed E-state index contributed by atoms with van der Waals surface area (Å²) in [5.41, 5.74) is 4.77. The van der Waals surface area contributed by atoms with E-state index in [2.05, 4.69) is 34.9 Å². The Balaban J connectivity index is 1.15. The molecule has 0 amide bonds. The van der Waals surface area contributed by atoms with Crippen molar-refractivity contribution in [3.63, 3.8) is 0 Å². The summed E-state index contributed by atoms with van der Waals surface area (Å²) in [5.74, 6) is -0.704. The summed E-state index contributed by atoms with van der Waals surface area (Å²) < 4.78 is 117. The van der Waals surface area contributed by atoms with Crippen molar-refractivity contribution < 1.29 is 16.4 Å². The van der Waals surface area contributed by atoms with Crippen molar-refractivity contribution in [1.82, 2.24) is 33.2 Å². The van der Waals surface area contributed by atoms with Crippen LogP contribution in [0.3, 0.4) is 0 Å². The van der Waals surface area contributed by atoms with Gasteiger partial charge in [0.05, 0.1) is 66.3 Å². The maximum Gasteiger partial charge on any atom is 0.240 e. The second-order valence-electron chi connectivity index (χ2n) is 15.6. The first kappa shape index (κ1) is 25.2. The largest absolute Gasteiger partial charge is 0.309 e. The Labute approximate surface area is 382 Å². The molecule has 0 unspecified atom stereocenters. The maximum absolute atomic E-state index is 9.76. The van der Waals surface area contributed by atoms with Gasteiger partial charge in [0.15, 0.2) is 5.82 Å². The molecule has 7 heteroatoms. The van der Waals surface area contributed by atoms with E-state index in [-0.39, 0.29) is 50.8 Å². The number of benzene rings is 9. The average molecular weight is 830 g/mol. The van der Waals surface area contributed by atoms with Crippen molar-refractivity contribution >= 4 is 87.2 Å². The molecule has 0 radical (unpaired) electrons. The lowest BCUT2D eigenvalue weighted by Gasteiger charge is -2.16. The highest BCUT2D eigenvalue weighted by Gasteiger charge is 2.23. The van der Waals surface area contributed by atoms with Crippen LogP contribution in [0.2, 0.25) is 0 Å². The monoisotopic (exact) mass is 829 g/mol. The van der Waals surface area contributed by atoms with Crippen LogP contribution < -0.4 is 0 Å². The number of hydrogen-bond donors (Lipinski definition) is 0. The minimum absolute atomic E-state index is 0.00981. The molecular weight excluding hydrogens is 783 g/mol. The predicted molar refractivity (Wildman–Crippen MR) is 263 cm³/mol. The SMILES string of the molecule is [2H]c1c([2H])c([2H])c(-n2c3ccccc3c3ccccc32)c(-c2nc(-n3c4ccccc4c4cc(-n5c6ccccc6c6ccccc65)ccc43)nc(-n3c4c([2H])c([2H])c([2H])c([2H])c4c4c([2H])c([2H])c([2H])c([2H])c43)n2)c1[2H]. The molecule has 7 nitrogen and oxygen atoms in total. The van der Waals surface area contributed by atoms with Gasteiger partial charge in [-0.2, -0.15) is 15.0 Å². The lowest BCUT2D eigenvalue weighted by Crippen LogP contribution is -2.11. The van der Waals surface area contributed by atoms with E-state index in [9.17, 15) is 8.22 Å². The average Bonchev–Trinajstić information content (AvgIpc) is 4.36. The molecule has 64 heavy (non-hydrogen) atoms. The normalized spacial score (nSPS) is 14.7. The van der Waals surface area contributed by atoms with Crippen LogP contribution in [0, 0.1) is 0 Å². The molecule has 9 aromatic carbocycles. The molecule has 0 saturated carbocycles. The van der Waals surface area contributed by atoms with E-state index in [1.165, 1.54) is 4.57 Å². The van der Waals surface area contributed by atoms with Crippen LogP contribution in [-0.4, -0.2) is 33.2 Å². The van der Waals surface area contributed by atoms with Gasteiger partial charge in [-0.15, -0.1) is 0 Å². The first-order chi connectivity index (χ1) is 36.8. The van der Waals surface area contributed by atoms with E-state index in [4.69, 9.17) is 23.2 Å². The fourth-order valence-electron chi connectivity index (χ4n) is 9.60. The highest BCUT2D eigenvalue weighted by Crippen LogP contribution is 2.39. The van der Waals surface area contributed by atoms with Crippen LogP contribution in [0.4, 0.5) is 0 Å². The van der Waals surface area contributed by atoms with Gasteiger partial charge < -0.3 is 9.13 Å². The Morgan fingerprint density at radius 1 is 0.312 bits per heavy atom. The van der Waals surface area contributed by atoms with Crippen molar-refractivity contribution in [3.05, 3.63) is 212 Å². The molecule has 0 saturated heterocycles. The first-order valence-electron chi connectivity index (χ1n) is 26.6. The van der Waals surface area contributed by atoms with E-state index < -0.39 is 72.5 Å². The zero-order valence-electron chi connectivity index (χ0n) is 45.4. The first-order valence-corrected chi connectivity index (χ1v) is 20.6. The quantitative estimate of drug-likeness (QED) is 0.174. The smallest absolute Gasteiger partial charge is 0.240 e. The lowest BCUT2D eigenvalue weighted by molar-refractivity contribution is 0.892. The summed E-state index contributed by atoms with van der Waals surface area (Å²) in [6.07, 6.45) is 0. The molecule has 14 aromatic rings. The fourth-order valence-corrected chi connectivity index (χ4v) is 9.60. The third-order valence-electron chi connectivity index (χ3n) is 12.2. The van der Waals surface area contributed by atoms with Gasteiger partial charge in [-0.1, -0.05) is 139 Å². The number of fused-ring (bicyclic) bond motifs is 12. The third-order valence-corrected chi connectivity index (χ3v) is 12.2. The van der Waals surface area contributed by atoms with E-state index in [0.29, 0.717) is 22.1 Å². The Kier molecular flexibility index (Phi) is 5.25. The fraction of sp³-hybridized carbons (Fsp3) is 0. The molecule has 14 rings (SSSR count). The maximum atomic E-state index is 9.76. The second kappa shape index (κ2) is 13.3. The van der Waals surface area contributed by atoms with Crippen molar-refractivity contribution in [2.75, 3.05) is 0 Å². The van der Waals surface area contributed by atoms with Crippen LogP contribution in [0.5, 0.6) is 0 Å². The lowest BCUT2D eigenvalue weighted by atomic mass is 10.1. The van der Waals surface area contributed by atoms with Crippen molar-refractivity contribution in [2.45, 2.75) is 0 Å². The molecule has 0 spiro atoms. The highest BCUT2D eigenvalue weighted by molar-refractivity contribution is 6.13. The van der Waals surface area contributed by atoms with Gasteiger partial charge >= 0.3 is 0 Å². The highest BCUT2D eigenvalue weighted by atomic mass is 15.3.